The zero-order chi connectivity index (χ0) is 10.9. The van der Waals surface area contributed by atoms with Gasteiger partial charge >= 0.3 is 0 Å². The van der Waals surface area contributed by atoms with E-state index >= 15 is 0 Å². The van der Waals surface area contributed by atoms with Crippen molar-refractivity contribution in [2.45, 2.75) is 71.6 Å². The average Bonchev–Trinajstić information content (AvgIpc) is 2.74. The minimum atomic E-state index is 0.927. The van der Waals surface area contributed by atoms with Crippen molar-refractivity contribution in [2.75, 3.05) is 0 Å². The molecular weight excluding hydrogens is 180 g/mol. The third-order valence-corrected chi connectivity index (χ3v) is 3.68. The molecule has 15 heavy (non-hydrogen) atoms. The minimum absolute atomic E-state index is 0.927. The van der Waals surface area contributed by atoms with Crippen LogP contribution in [-0.2, 0) is 0 Å². The molecule has 88 valence electrons. The van der Waals surface area contributed by atoms with E-state index in [2.05, 4.69) is 26.0 Å². The summed E-state index contributed by atoms with van der Waals surface area (Å²) in [5.41, 5.74) is 0. The van der Waals surface area contributed by atoms with E-state index in [1.807, 2.05) is 0 Å². The minimum Gasteiger partial charge on any atom is -0.0882 e. The molecule has 0 spiro atoms. The molecule has 0 aromatic rings. The highest BCUT2D eigenvalue weighted by Gasteiger charge is 2.08. The molecule has 1 aliphatic carbocycles. The first-order valence-electron chi connectivity index (χ1n) is 6.99. The smallest absolute Gasteiger partial charge is 0.0231 e. The molecule has 0 heterocycles. The maximum absolute atomic E-state index is 2.43. The zero-order valence-corrected chi connectivity index (χ0v) is 10.7. The summed E-state index contributed by atoms with van der Waals surface area (Å²) in [6.45, 7) is 4.71. The van der Waals surface area contributed by atoms with Crippen molar-refractivity contribution in [3.8, 4) is 0 Å². The molecule has 0 radical (unpaired) electrons. The first kappa shape index (κ1) is 12.8. The molecule has 0 aliphatic heterocycles. The molecule has 0 nitrogen and oxygen atoms in total. The van der Waals surface area contributed by atoms with Crippen molar-refractivity contribution in [3.05, 3.63) is 12.2 Å². The molecule has 1 unspecified atom stereocenters. The fourth-order valence-corrected chi connectivity index (χ4v) is 2.53. The van der Waals surface area contributed by atoms with E-state index in [-0.39, 0.29) is 0 Å². The maximum Gasteiger partial charge on any atom is -0.0231 e. The van der Waals surface area contributed by atoms with Crippen molar-refractivity contribution >= 4 is 0 Å². The third kappa shape index (κ3) is 6.02. The molecule has 2 atom stereocenters. The second-order valence-electron chi connectivity index (χ2n) is 5.30. The van der Waals surface area contributed by atoms with Gasteiger partial charge in [0.25, 0.3) is 0 Å². The van der Waals surface area contributed by atoms with Crippen LogP contribution >= 0.6 is 0 Å². The normalized spacial score (nSPS) is 22.1. The Morgan fingerprint density at radius 3 is 2.67 bits per heavy atom. The van der Waals surface area contributed by atoms with Gasteiger partial charge in [-0.2, -0.15) is 0 Å². The van der Waals surface area contributed by atoms with Crippen LogP contribution in [0.15, 0.2) is 12.2 Å². The molecular formula is C15H28. The van der Waals surface area contributed by atoms with Gasteiger partial charge in [-0.1, -0.05) is 64.5 Å². The molecule has 0 amide bonds. The predicted molar refractivity (Wildman–Crippen MR) is 69.0 cm³/mol. The third-order valence-electron chi connectivity index (χ3n) is 3.68. The summed E-state index contributed by atoms with van der Waals surface area (Å²) in [6, 6.07) is 0. The van der Waals surface area contributed by atoms with Crippen molar-refractivity contribution < 1.29 is 0 Å². The van der Waals surface area contributed by atoms with Crippen LogP contribution in [0.4, 0.5) is 0 Å². The van der Waals surface area contributed by atoms with E-state index in [4.69, 9.17) is 0 Å². The van der Waals surface area contributed by atoms with Crippen LogP contribution in [-0.4, -0.2) is 0 Å². The summed E-state index contributed by atoms with van der Waals surface area (Å²) in [6.07, 6.45) is 17.6. The SMILES string of the molecule is CCCC[C@@H](C)CCCCC1C=CCC1. The Balaban J connectivity index is 1.89. The second-order valence-corrected chi connectivity index (χ2v) is 5.30. The van der Waals surface area contributed by atoms with E-state index in [1.54, 1.807) is 0 Å². The number of allylic oxidation sites excluding steroid dienone is 2. The van der Waals surface area contributed by atoms with E-state index in [0.29, 0.717) is 0 Å². The molecule has 0 saturated carbocycles. The van der Waals surface area contributed by atoms with Gasteiger partial charge in [-0.25, -0.2) is 0 Å². The molecule has 0 aromatic heterocycles. The topological polar surface area (TPSA) is 0 Å². The lowest BCUT2D eigenvalue weighted by Gasteiger charge is -2.11. The average molecular weight is 208 g/mol. The number of unbranched alkanes of at least 4 members (excludes halogenated alkanes) is 2. The summed E-state index contributed by atoms with van der Waals surface area (Å²) >= 11 is 0. The van der Waals surface area contributed by atoms with E-state index in [9.17, 15) is 0 Å². The zero-order valence-electron chi connectivity index (χ0n) is 10.7. The highest BCUT2D eigenvalue weighted by Crippen LogP contribution is 2.24. The van der Waals surface area contributed by atoms with Gasteiger partial charge < -0.3 is 0 Å². The summed E-state index contributed by atoms with van der Waals surface area (Å²) in [4.78, 5) is 0. The Morgan fingerprint density at radius 2 is 2.00 bits per heavy atom. The number of rotatable bonds is 8. The Bertz CT molecular complexity index is 169. The van der Waals surface area contributed by atoms with E-state index in [0.717, 1.165) is 11.8 Å². The highest BCUT2D eigenvalue weighted by molar-refractivity contribution is 4.95. The lowest BCUT2D eigenvalue weighted by molar-refractivity contribution is 0.431. The van der Waals surface area contributed by atoms with Gasteiger partial charge in [0.15, 0.2) is 0 Å². The Morgan fingerprint density at radius 1 is 1.20 bits per heavy atom. The van der Waals surface area contributed by atoms with Crippen molar-refractivity contribution in [1.82, 2.24) is 0 Å². The molecule has 0 N–H and O–H groups in total. The van der Waals surface area contributed by atoms with Gasteiger partial charge in [0.1, 0.15) is 0 Å². The fraction of sp³-hybridized carbons (Fsp3) is 0.867. The molecule has 0 saturated heterocycles. The van der Waals surface area contributed by atoms with Gasteiger partial charge in [-0.3, -0.25) is 0 Å². The quantitative estimate of drug-likeness (QED) is 0.373. The van der Waals surface area contributed by atoms with Crippen molar-refractivity contribution in [3.63, 3.8) is 0 Å². The Hall–Kier alpha value is -0.260. The highest BCUT2D eigenvalue weighted by atomic mass is 14.1. The maximum atomic E-state index is 2.43. The summed E-state index contributed by atoms with van der Waals surface area (Å²) in [5.74, 6) is 1.89. The van der Waals surface area contributed by atoms with Crippen molar-refractivity contribution in [1.29, 1.82) is 0 Å². The van der Waals surface area contributed by atoms with Gasteiger partial charge in [0.05, 0.1) is 0 Å². The number of hydrogen-bond donors (Lipinski definition) is 0. The van der Waals surface area contributed by atoms with Crippen LogP contribution in [0.1, 0.15) is 71.6 Å². The van der Waals surface area contributed by atoms with Crippen LogP contribution < -0.4 is 0 Å². The van der Waals surface area contributed by atoms with Gasteiger partial charge in [-0.15, -0.1) is 0 Å². The second kappa shape index (κ2) is 7.96. The molecule has 0 heteroatoms. The summed E-state index contributed by atoms with van der Waals surface area (Å²) in [5, 5.41) is 0. The van der Waals surface area contributed by atoms with Gasteiger partial charge in [0.2, 0.25) is 0 Å². The van der Waals surface area contributed by atoms with Crippen LogP contribution in [0.2, 0.25) is 0 Å². The van der Waals surface area contributed by atoms with Gasteiger partial charge in [-0.05, 0) is 31.1 Å². The molecule has 0 fully saturated rings. The summed E-state index contributed by atoms with van der Waals surface area (Å²) < 4.78 is 0. The predicted octanol–water partition coefficient (Wildman–Crippen LogP) is 5.34. The van der Waals surface area contributed by atoms with Gasteiger partial charge in [0, 0.05) is 0 Å². The monoisotopic (exact) mass is 208 g/mol. The molecule has 0 aromatic carbocycles. The lowest BCUT2D eigenvalue weighted by Crippen LogP contribution is -1.96. The Kier molecular flexibility index (Phi) is 6.80. The lowest BCUT2D eigenvalue weighted by atomic mass is 9.95. The molecule has 1 aliphatic rings. The fourth-order valence-electron chi connectivity index (χ4n) is 2.53. The Labute approximate surface area is 96.2 Å². The first-order chi connectivity index (χ1) is 7.33. The molecule has 1 rings (SSSR count). The summed E-state index contributed by atoms with van der Waals surface area (Å²) in [7, 11) is 0. The number of hydrogen-bond acceptors (Lipinski definition) is 0. The van der Waals surface area contributed by atoms with Crippen LogP contribution in [0.5, 0.6) is 0 Å². The largest absolute Gasteiger partial charge is 0.0882 e. The van der Waals surface area contributed by atoms with E-state index < -0.39 is 0 Å². The van der Waals surface area contributed by atoms with Crippen LogP contribution in [0, 0.1) is 11.8 Å². The van der Waals surface area contributed by atoms with Crippen LogP contribution in [0.25, 0.3) is 0 Å². The first-order valence-corrected chi connectivity index (χ1v) is 6.99. The van der Waals surface area contributed by atoms with Crippen molar-refractivity contribution in [2.24, 2.45) is 11.8 Å². The van der Waals surface area contributed by atoms with Crippen LogP contribution in [0.3, 0.4) is 0 Å². The molecule has 0 bridgehead atoms. The van der Waals surface area contributed by atoms with E-state index in [1.165, 1.54) is 57.8 Å². The standard InChI is InChI=1S/C15H28/c1-3-4-9-14(2)10-5-6-11-15-12-7-8-13-15/h7,12,14-15H,3-6,8-11,13H2,1-2H3/t14-,15?/m1/s1.